The van der Waals surface area contributed by atoms with Crippen LogP contribution in [-0.2, 0) is 11.3 Å². The Morgan fingerprint density at radius 2 is 2.21 bits per heavy atom. The summed E-state index contributed by atoms with van der Waals surface area (Å²) in [5, 5.41) is 7.58. The molecule has 1 aromatic carbocycles. The van der Waals surface area contributed by atoms with Crippen molar-refractivity contribution in [2.24, 2.45) is 0 Å². The molecule has 7 heteroatoms. The molecule has 24 heavy (non-hydrogen) atoms. The van der Waals surface area contributed by atoms with Crippen molar-refractivity contribution in [3.05, 3.63) is 52.0 Å². The molecule has 0 aliphatic heterocycles. The van der Waals surface area contributed by atoms with Crippen molar-refractivity contribution < 1.29 is 9.59 Å². The fourth-order valence-corrected chi connectivity index (χ4v) is 3.19. The van der Waals surface area contributed by atoms with Gasteiger partial charge in [-0.3, -0.25) is 9.59 Å². The number of nitrogens with zero attached hydrogens (tertiary/aromatic N) is 1. The summed E-state index contributed by atoms with van der Waals surface area (Å²) < 4.78 is 0. The first kappa shape index (κ1) is 18.5. The highest BCUT2D eigenvalue weighted by molar-refractivity contribution is 7.98. The highest BCUT2D eigenvalue weighted by Crippen LogP contribution is 2.07. The number of thiazole rings is 1. The first-order valence-corrected chi connectivity index (χ1v) is 9.95. The molecule has 2 aromatic rings. The number of carbonyl (C=O) groups is 2. The molecule has 0 saturated carbocycles. The summed E-state index contributed by atoms with van der Waals surface area (Å²) in [6.45, 7) is 2.31. The Hall–Kier alpha value is -1.86. The Bertz CT molecular complexity index is 674. The molecule has 2 N–H and O–H groups in total. The van der Waals surface area contributed by atoms with Gasteiger partial charge in [-0.05, 0) is 37.5 Å². The average molecular weight is 364 g/mol. The fraction of sp³-hybridized carbons (Fsp3) is 0.353. The zero-order valence-electron chi connectivity index (χ0n) is 13.7. The van der Waals surface area contributed by atoms with Gasteiger partial charge in [0.05, 0.1) is 17.7 Å². The van der Waals surface area contributed by atoms with Crippen LogP contribution in [0, 0.1) is 6.92 Å². The molecule has 0 aliphatic carbocycles. The van der Waals surface area contributed by atoms with E-state index in [1.54, 1.807) is 23.3 Å². The van der Waals surface area contributed by atoms with Gasteiger partial charge in [-0.2, -0.15) is 11.8 Å². The molecule has 0 aliphatic rings. The van der Waals surface area contributed by atoms with Crippen LogP contribution >= 0.6 is 23.1 Å². The lowest BCUT2D eigenvalue weighted by Gasteiger charge is -2.18. The van der Waals surface area contributed by atoms with Crippen LogP contribution < -0.4 is 10.6 Å². The number of benzene rings is 1. The van der Waals surface area contributed by atoms with Gasteiger partial charge in [-0.15, -0.1) is 11.3 Å². The Labute approximate surface area is 150 Å². The maximum absolute atomic E-state index is 12.4. The third-order valence-electron chi connectivity index (χ3n) is 3.44. The van der Waals surface area contributed by atoms with Crippen LogP contribution in [0.4, 0.5) is 0 Å². The zero-order chi connectivity index (χ0) is 17.4. The van der Waals surface area contributed by atoms with Crippen LogP contribution in [-0.4, -0.2) is 34.8 Å². The SMILES string of the molecule is CSCC[C@H](NC(=O)c1cccc(C)c1)C(=O)NCc1cscn1. The van der Waals surface area contributed by atoms with Crippen LogP contribution in [0.25, 0.3) is 0 Å². The summed E-state index contributed by atoms with van der Waals surface area (Å²) in [6, 6.07) is 6.78. The van der Waals surface area contributed by atoms with Crippen molar-refractivity contribution in [3.63, 3.8) is 0 Å². The van der Waals surface area contributed by atoms with Gasteiger partial charge in [0.15, 0.2) is 0 Å². The Balaban J connectivity index is 1.98. The van der Waals surface area contributed by atoms with E-state index in [1.807, 2.05) is 36.8 Å². The van der Waals surface area contributed by atoms with E-state index in [0.29, 0.717) is 18.5 Å². The molecular weight excluding hydrogens is 342 g/mol. The third-order valence-corrected chi connectivity index (χ3v) is 4.72. The number of hydrogen-bond donors (Lipinski definition) is 2. The standard InChI is InChI=1S/C17H21N3O2S2/c1-12-4-3-5-13(8-12)16(21)20-15(6-7-23-2)17(22)18-9-14-10-24-11-19-14/h3-5,8,10-11,15H,6-7,9H2,1-2H3,(H,18,22)(H,20,21)/t15-/m0/s1. The predicted octanol–water partition coefficient (Wildman–Crippen LogP) is 2.62. The van der Waals surface area contributed by atoms with Gasteiger partial charge in [-0.1, -0.05) is 17.7 Å². The molecule has 0 radical (unpaired) electrons. The monoisotopic (exact) mass is 363 g/mol. The number of nitrogens with one attached hydrogen (secondary N) is 2. The minimum Gasteiger partial charge on any atom is -0.349 e. The van der Waals surface area contributed by atoms with E-state index >= 15 is 0 Å². The van der Waals surface area contributed by atoms with Crippen LogP contribution in [0.15, 0.2) is 35.2 Å². The van der Waals surface area contributed by atoms with Crippen molar-refractivity contribution in [1.82, 2.24) is 15.6 Å². The van der Waals surface area contributed by atoms with Gasteiger partial charge in [0.25, 0.3) is 5.91 Å². The lowest BCUT2D eigenvalue weighted by molar-refractivity contribution is -0.123. The summed E-state index contributed by atoms with van der Waals surface area (Å²) >= 11 is 3.13. The van der Waals surface area contributed by atoms with Gasteiger partial charge in [0.1, 0.15) is 6.04 Å². The minimum atomic E-state index is -0.552. The summed E-state index contributed by atoms with van der Waals surface area (Å²) in [5.41, 5.74) is 4.13. The van der Waals surface area contributed by atoms with E-state index < -0.39 is 6.04 Å². The molecule has 1 atom stereocenters. The van der Waals surface area contributed by atoms with Gasteiger partial charge in [-0.25, -0.2) is 4.98 Å². The topological polar surface area (TPSA) is 71.1 Å². The zero-order valence-corrected chi connectivity index (χ0v) is 15.4. The summed E-state index contributed by atoms with van der Waals surface area (Å²) in [4.78, 5) is 29.0. The van der Waals surface area contributed by atoms with Crippen LogP contribution in [0.5, 0.6) is 0 Å². The summed E-state index contributed by atoms with van der Waals surface area (Å²) in [6.07, 6.45) is 2.56. The van der Waals surface area contributed by atoms with E-state index in [2.05, 4.69) is 15.6 Å². The molecule has 0 fully saturated rings. The van der Waals surface area contributed by atoms with E-state index in [0.717, 1.165) is 17.0 Å². The van der Waals surface area contributed by atoms with E-state index in [1.165, 1.54) is 11.3 Å². The van der Waals surface area contributed by atoms with Crippen LogP contribution in [0.2, 0.25) is 0 Å². The van der Waals surface area contributed by atoms with Crippen LogP contribution in [0.3, 0.4) is 0 Å². The van der Waals surface area contributed by atoms with Crippen molar-refractivity contribution in [2.45, 2.75) is 25.9 Å². The molecular formula is C17H21N3O2S2. The highest BCUT2D eigenvalue weighted by atomic mass is 32.2. The Morgan fingerprint density at radius 3 is 2.88 bits per heavy atom. The van der Waals surface area contributed by atoms with Gasteiger partial charge in [0.2, 0.25) is 5.91 Å². The van der Waals surface area contributed by atoms with Gasteiger partial charge >= 0.3 is 0 Å². The van der Waals surface area contributed by atoms with E-state index in [9.17, 15) is 9.59 Å². The molecule has 1 heterocycles. The maximum Gasteiger partial charge on any atom is 0.251 e. The second kappa shape index (κ2) is 9.44. The molecule has 0 bridgehead atoms. The molecule has 2 amide bonds. The minimum absolute atomic E-state index is 0.182. The Kier molecular flexibility index (Phi) is 7.27. The first-order chi connectivity index (χ1) is 11.6. The molecule has 5 nitrogen and oxygen atoms in total. The Morgan fingerprint density at radius 1 is 1.38 bits per heavy atom. The van der Waals surface area contributed by atoms with Crippen molar-refractivity contribution in [3.8, 4) is 0 Å². The number of amides is 2. The van der Waals surface area contributed by atoms with E-state index in [4.69, 9.17) is 0 Å². The summed E-state index contributed by atoms with van der Waals surface area (Å²) in [5.74, 6) is 0.384. The number of rotatable bonds is 8. The molecule has 0 saturated heterocycles. The number of carbonyl (C=O) groups excluding carboxylic acids is 2. The largest absolute Gasteiger partial charge is 0.349 e. The predicted molar refractivity (Wildman–Crippen MR) is 99.4 cm³/mol. The lowest BCUT2D eigenvalue weighted by Crippen LogP contribution is -2.46. The number of thioether (sulfide) groups is 1. The fourth-order valence-electron chi connectivity index (χ4n) is 2.16. The van der Waals surface area contributed by atoms with E-state index in [-0.39, 0.29) is 11.8 Å². The molecule has 0 unspecified atom stereocenters. The van der Waals surface area contributed by atoms with Crippen LogP contribution in [0.1, 0.15) is 28.0 Å². The first-order valence-electron chi connectivity index (χ1n) is 7.61. The normalized spacial score (nSPS) is 11.8. The maximum atomic E-state index is 12.4. The van der Waals surface area contributed by atoms with Crippen molar-refractivity contribution in [1.29, 1.82) is 0 Å². The smallest absolute Gasteiger partial charge is 0.251 e. The highest BCUT2D eigenvalue weighted by Gasteiger charge is 2.21. The van der Waals surface area contributed by atoms with Crippen molar-refractivity contribution >= 4 is 34.9 Å². The molecule has 1 aromatic heterocycles. The molecule has 128 valence electrons. The second-order valence-electron chi connectivity index (χ2n) is 5.37. The quantitative estimate of drug-likeness (QED) is 0.756. The van der Waals surface area contributed by atoms with Gasteiger partial charge < -0.3 is 10.6 Å². The third kappa shape index (κ3) is 5.65. The average Bonchev–Trinajstić information content (AvgIpc) is 3.09. The summed E-state index contributed by atoms with van der Waals surface area (Å²) in [7, 11) is 0. The number of hydrogen-bond acceptors (Lipinski definition) is 5. The lowest BCUT2D eigenvalue weighted by atomic mass is 10.1. The second-order valence-corrected chi connectivity index (χ2v) is 7.08. The number of aromatic nitrogens is 1. The molecule has 2 rings (SSSR count). The molecule has 0 spiro atoms. The van der Waals surface area contributed by atoms with Gasteiger partial charge in [0, 0.05) is 10.9 Å². The number of aryl methyl sites for hydroxylation is 1. The van der Waals surface area contributed by atoms with Crippen molar-refractivity contribution in [2.75, 3.05) is 12.0 Å².